The number of ether oxygens (including phenoxy) is 9. The molecule has 0 atom stereocenters. The highest BCUT2D eigenvalue weighted by Crippen LogP contribution is 2.19. The molecule has 3 aromatic rings. The lowest BCUT2D eigenvalue weighted by molar-refractivity contribution is -0.136. The third-order valence-corrected chi connectivity index (χ3v) is 8.45. The monoisotopic (exact) mass is 908 g/mol. The van der Waals surface area contributed by atoms with Crippen molar-refractivity contribution in [3.05, 3.63) is 65.2 Å². The summed E-state index contributed by atoms with van der Waals surface area (Å²) < 4.78 is 76.7. The van der Waals surface area contributed by atoms with Crippen LogP contribution in [-0.2, 0) is 60.6 Å². The van der Waals surface area contributed by atoms with Gasteiger partial charge in [0.2, 0.25) is 23.8 Å². The number of anilines is 3. The molecule has 0 saturated heterocycles. The van der Waals surface area contributed by atoms with Gasteiger partial charge in [-0.15, -0.1) is 0 Å². The summed E-state index contributed by atoms with van der Waals surface area (Å²) >= 11 is 0. The average Bonchev–Trinajstić information content (AvgIpc) is 3.28. The van der Waals surface area contributed by atoms with Crippen LogP contribution in [0.4, 0.5) is 26.6 Å². The minimum atomic E-state index is -0.729. The maximum atomic E-state index is 14.6. The molecule has 0 bridgehead atoms. The molecule has 64 heavy (non-hydrogen) atoms. The van der Waals surface area contributed by atoms with Crippen molar-refractivity contribution in [1.82, 2.24) is 20.3 Å². The van der Waals surface area contributed by atoms with Crippen LogP contribution in [0.5, 0.6) is 5.75 Å². The Bertz CT molecular complexity index is 1710. The quantitative estimate of drug-likeness (QED) is 0.0313. The number of aromatic nitrogens is 3. The molecule has 0 fully saturated rings. The van der Waals surface area contributed by atoms with E-state index in [1.54, 1.807) is 12.1 Å². The molecule has 0 radical (unpaired) electrons. The normalized spacial score (nSPS) is 11.1. The number of nitrogens with one attached hydrogen (secondary N) is 4. The number of nitrogens with zero attached hydrogens (tertiary/aromatic N) is 3. The number of amides is 1. The highest BCUT2D eigenvalue weighted by molar-refractivity contribution is 5.76. The van der Waals surface area contributed by atoms with Crippen molar-refractivity contribution in [2.75, 3.05) is 141 Å². The molecule has 1 heterocycles. The van der Waals surface area contributed by atoms with Crippen LogP contribution in [0.3, 0.4) is 0 Å². The molecule has 1 aromatic heterocycles. The number of halogens is 2. The summed E-state index contributed by atoms with van der Waals surface area (Å²) in [6, 6.07) is 10.4. The first-order chi connectivity index (χ1) is 31.4. The predicted molar refractivity (Wildman–Crippen MR) is 234 cm³/mol. The second-order valence-electron chi connectivity index (χ2n) is 13.7. The van der Waals surface area contributed by atoms with Gasteiger partial charge in [0.15, 0.2) is 11.6 Å². The SMILES string of the molecule is CCCCNc1nc(NCCOCCOCCC(=O)NCc2ccc(OC(=O)CCOCCOCCOCCOCCOCCOCCN)c(F)c2)nc(NCc2cccc(F)c2)n1. The van der Waals surface area contributed by atoms with Crippen LogP contribution in [0.15, 0.2) is 42.5 Å². The van der Waals surface area contributed by atoms with Crippen molar-refractivity contribution in [3.63, 3.8) is 0 Å². The number of unbranched alkanes of at least 4 members (excludes halogenated alkanes) is 1. The van der Waals surface area contributed by atoms with Crippen LogP contribution >= 0.6 is 0 Å². The van der Waals surface area contributed by atoms with E-state index < -0.39 is 11.8 Å². The summed E-state index contributed by atoms with van der Waals surface area (Å²) in [6.07, 6.45) is 2.01. The first-order valence-corrected chi connectivity index (χ1v) is 21.7. The van der Waals surface area contributed by atoms with Crippen LogP contribution in [-0.4, -0.2) is 152 Å². The Labute approximate surface area is 374 Å². The number of esters is 1. The Balaban J connectivity index is 1.15. The van der Waals surface area contributed by atoms with E-state index in [0.717, 1.165) is 18.4 Å². The zero-order valence-electron chi connectivity index (χ0n) is 36.9. The predicted octanol–water partition coefficient (Wildman–Crippen LogP) is 3.48. The van der Waals surface area contributed by atoms with Crippen molar-refractivity contribution >= 4 is 29.7 Å². The number of hydrogen-bond donors (Lipinski definition) is 5. The number of rotatable bonds is 40. The minimum Gasteiger partial charge on any atom is -0.423 e. The largest absolute Gasteiger partial charge is 0.423 e. The van der Waals surface area contributed by atoms with Crippen LogP contribution in [0.25, 0.3) is 0 Å². The van der Waals surface area contributed by atoms with E-state index in [4.69, 9.17) is 48.4 Å². The molecule has 6 N–H and O–H groups in total. The zero-order chi connectivity index (χ0) is 45.7. The van der Waals surface area contributed by atoms with Crippen molar-refractivity contribution in [2.45, 2.75) is 45.7 Å². The number of hydrogen-bond acceptors (Lipinski definition) is 18. The van der Waals surface area contributed by atoms with E-state index in [1.165, 1.54) is 24.3 Å². The van der Waals surface area contributed by atoms with E-state index in [0.29, 0.717) is 129 Å². The molecule has 19 nitrogen and oxygen atoms in total. The first kappa shape index (κ1) is 53.6. The number of benzene rings is 2. The third-order valence-electron chi connectivity index (χ3n) is 8.45. The maximum Gasteiger partial charge on any atom is 0.313 e. The summed E-state index contributed by atoms with van der Waals surface area (Å²) in [7, 11) is 0. The van der Waals surface area contributed by atoms with Crippen molar-refractivity contribution in [1.29, 1.82) is 0 Å². The van der Waals surface area contributed by atoms with E-state index >= 15 is 0 Å². The van der Waals surface area contributed by atoms with Crippen LogP contribution in [0.2, 0.25) is 0 Å². The fourth-order valence-corrected chi connectivity index (χ4v) is 5.18. The van der Waals surface area contributed by atoms with Gasteiger partial charge in [-0.2, -0.15) is 15.0 Å². The molecule has 21 heteroatoms. The fraction of sp³-hybridized carbons (Fsp3) is 0.605. The van der Waals surface area contributed by atoms with E-state index in [9.17, 15) is 18.4 Å². The Kier molecular flexibility index (Phi) is 29.8. The van der Waals surface area contributed by atoms with Gasteiger partial charge in [0.25, 0.3) is 0 Å². The van der Waals surface area contributed by atoms with Gasteiger partial charge in [-0.1, -0.05) is 31.5 Å². The van der Waals surface area contributed by atoms with Gasteiger partial charge in [-0.3, -0.25) is 9.59 Å². The second-order valence-corrected chi connectivity index (χ2v) is 13.7. The van der Waals surface area contributed by atoms with Gasteiger partial charge < -0.3 is 69.6 Å². The lowest BCUT2D eigenvalue weighted by Crippen LogP contribution is -2.24. The Morgan fingerprint density at radius 2 is 1.09 bits per heavy atom. The summed E-state index contributed by atoms with van der Waals surface area (Å²) in [5.41, 5.74) is 6.59. The third kappa shape index (κ3) is 26.8. The summed E-state index contributed by atoms with van der Waals surface area (Å²) in [5, 5.41) is 12.2. The van der Waals surface area contributed by atoms with Crippen molar-refractivity contribution < 1.29 is 61.0 Å². The molecule has 0 spiro atoms. The molecule has 0 aliphatic rings. The van der Waals surface area contributed by atoms with Crippen molar-refractivity contribution in [2.24, 2.45) is 5.73 Å². The molecule has 3 rings (SSSR count). The molecule has 1 amide bonds. The number of carbonyl (C=O) groups is 2. The highest BCUT2D eigenvalue weighted by Gasteiger charge is 2.12. The van der Waals surface area contributed by atoms with E-state index in [1.807, 2.05) is 6.07 Å². The van der Waals surface area contributed by atoms with E-state index in [-0.39, 0.29) is 63.3 Å². The Morgan fingerprint density at radius 3 is 1.66 bits per heavy atom. The van der Waals surface area contributed by atoms with Crippen molar-refractivity contribution in [3.8, 4) is 5.75 Å². The molecule has 358 valence electrons. The topological polar surface area (TPSA) is 230 Å². The second kappa shape index (κ2) is 35.6. The number of nitrogens with two attached hydrogens (primary N) is 1. The summed E-state index contributed by atoms with van der Waals surface area (Å²) in [4.78, 5) is 37.7. The molecule has 0 saturated carbocycles. The van der Waals surface area contributed by atoms with Crippen LogP contribution in [0.1, 0.15) is 43.7 Å². The summed E-state index contributed by atoms with van der Waals surface area (Å²) in [5.74, 6) is -1.05. The van der Waals surface area contributed by atoms with Gasteiger partial charge in [0, 0.05) is 39.1 Å². The minimum absolute atomic E-state index is 0.0696. The lowest BCUT2D eigenvalue weighted by atomic mass is 10.2. The first-order valence-electron chi connectivity index (χ1n) is 21.7. The van der Waals surface area contributed by atoms with Gasteiger partial charge in [0.05, 0.1) is 112 Å². The smallest absolute Gasteiger partial charge is 0.313 e. The molecule has 0 aliphatic heterocycles. The van der Waals surface area contributed by atoms with E-state index in [2.05, 4.69) is 43.1 Å². The van der Waals surface area contributed by atoms with Gasteiger partial charge in [-0.05, 0) is 41.8 Å². The summed E-state index contributed by atoms with van der Waals surface area (Å²) in [6.45, 7) is 10.1. The van der Waals surface area contributed by atoms with Gasteiger partial charge >= 0.3 is 5.97 Å². The number of carbonyl (C=O) groups excluding carboxylic acids is 2. The molecule has 0 unspecified atom stereocenters. The lowest BCUT2D eigenvalue weighted by Gasteiger charge is -2.12. The standard InChI is InChI=1S/C43H66F2N8O11/c1-2-3-12-47-41-51-42(53-43(52-41)50-33-34-5-4-6-36(44)30-34)48-13-17-59-21-18-56-14-9-39(54)49-32-35-7-8-38(37(45)31-35)64-40(55)10-15-57-19-22-60-24-26-62-28-29-63-27-25-61-23-20-58-16-11-46/h4-8,30-31H,2-3,9-29,32-33,46H2,1H3,(H,49,54)(H3,47,48,50,51,52,53). The van der Waals surface area contributed by atoms with Gasteiger partial charge in [-0.25, -0.2) is 8.78 Å². The van der Waals surface area contributed by atoms with Crippen LogP contribution in [0, 0.1) is 11.6 Å². The molecule has 2 aromatic carbocycles. The molecule has 0 aliphatic carbocycles. The maximum absolute atomic E-state index is 14.6. The fourth-order valence-electron chi connectivity index (χ4n) is 5.18. The van der Waals surface area contributed by atoms with Gasteiger partial charge in [0.1, 0.15) is 5.82 Å². The Morgan fingerprint density at radius 1 is 0.578 bits per heavy atom. The highest BCUT2D eigenvalue weighted by atomic mass is 19.1. The Hall–Kier alpha value is -4.71. The molecular weight excluding hydrogens is 843 g/mol. The zero-order valence-corrected chi connectivity index (χ0v) is 36.9. The van der Waals surface area contributed by atoms with Crippen LogP contribution < -0.4 is 31.7 Å². The molecular formula is C43H66F2N8O11. The average molecular weight is 909 g/mol.